The van der Waals surface area contributed by atoms with Gasteiger partial charge in [-0.2, -0.15) is 0 Å². The van der Waals surface area contributed by atoms with Gasteiger partial charge in [0.2, 0.25) is 11.8 Å². The van der Waals surface area contributed by atoms with Gasteiger partial charge in [-0.3, -0.25) is 9.59 Å². The van der Waals surface area contributed by atoms with Crippen LogP contribution in [0, 0.1) is 13.8 Å². The van der Waals surface area contributed by atoms with E-state index in [1.165, 1.54) is 23.9 Å². The van der Waals surface area contributed by atoms with Crippen LogP contribution in [0.1, 0.15) is 30.9 Å². The highest BCUT2D eigenvalue weighted by atomic mass is 32.2. The van der Waals surface area contributed by atoms with Crippen molar-refractivity contribution in [2.45, 2.75) is 48.7 Å². The summed E-state index contributed by atoms with van der Waals surface area (Å²) in [5, 5.41) is 5.39. The third-order valence-electron chi connectivity index (χ3n) is 4.98. The van der Waals surface area contributed by atoms with Crippen LogP contribution in [0.4, 0.5) is 11.4 Å². The van der Waals surface area contributed by atoms with Gasteiger partial charge >= 0.3 is 0 Å². The molecule has 1 aliphatic heterocycles. The summed E-state index contributed by atoms with van der Waals surface area (Å²) in [6, 6.07) is 10.3. The first-order valence-corrected chi connectivity index (χ1v) is 11.9. The first-order chi connectivity index (χ1) is 13.7. The first-order valence-electron chi connectivity index (χ1n) is 9.41. The predicted octanol–water partition coefficient (Wildman–Crippen LogP) is 3.93. The minimum Gasteiger partial charge on any atom is -0.326 e. The minimum absolute atomic E-state index is 0.103. The number of carbonyl (C=O) groups is 2. The van der Waals surface area contributed by atoms with Gasteiger partial charge < -0.3 is 10.6 Å². The molecule has 0 aromatic heterocycles. The van der Waals surface area contributed by atoms with Crippen molar-refractivity contribution in [2.75, 3.05) is 16.4 Å². The zero-order valence-electron chi connectivity index (χ0n) is 16.6. The third kappa shape index (κ3) is 4.82. The molecule has 0 radical (unpaired) electrons. The van der Waals surface area contributed by atoms with Gasteiger partial charge in [0.25, 0.3) is 0 Å². The number of hydrogen-bond donors (Lipinski definition) is 2. The molecule has 2 aromatic rings. The Balaban J connectivity index is 1.68. The van der Waals surface area contributed by atoms with E-state index >= 15 is 0 Å². The lowest BCUT2D eigenvalue weighted by atomic mass is 10.1. The highest BCUT2D eigenvalue weighted by Crippen LogP contribution is 2.38. The lowest BCUT2D eigenvalue weighted by molar-refractivity contribution is -0.116. The lowest BCUT2D eigenvalue weighted by Crippen LogP contribution is -2.28. The molecule has 0 unspecified atom stereocenters. The van der Waals surface area contributed by atoms with Crippen molar-refractivity contribution in [3.63, 3.8) is 0 Å². The van der Waals surface area contributed by atoms with Gasteiger partial charge in [0.05, 0.1) is 21.6 Å². The van der Waals surface area contributed by atoms with Crippen molar-refractivity contribution in [3.05, 3.63) is 47.5 Å². The molecular formula is C21H24N2O4S2. The summed E-state index contributed by atoms with van der Waals surface area (Å²) in [4.78, 5) is 25.3. The fourth-order valence-corrected chi connectivity index (χ4v) is 5.32. The highest BCUT2D eigenvalue weighted by molar-refractivity contribution is 8.01. The van der Waals surface area contributed by atoms with Gasteiger partial charge in [-0.1, -0.05) is 19.1 Å². The Morgan fingerprint density at radius 2 is 1.97 bits per heavy atom. The van der Waals surface area contributed by atoms with E-state index < -0.39 is 9.84 Å². The van der Waals surface area contributed by atoms with Crippen LogP contribution in [-0.2, 0) is 19.4 Å². The molecule has 29 heavy (non-hydrogen) atoms. The number of nitrogens with one attached hydrogen (secondary N) is 2. The largest absolute Gasteiger partial charge is 0.326 e. The van der Waals surface area contributed by atoms with Crippen LogP contribution in [0.3, 0.4) is 0 Å². The van der Waals surface area contributed by atoms with Crippen LogP contribution in [0.25, 0.3) is 0 Å². The summed E-state index contributed by atoms with van der Waals surface area (Å²) in [6.07, 6.45) is 0.553. The maximum absolute atomic E-state index is 12.7. The number of amides is 2. The Hall–Kier alpha value is -2.32. The molecule has 2 amide bonds. The molecule has 1 heterocycles. The smallest absolute Gasteiger partial charge is 0.237 e. The second kappa shape index (κ2) is 8.59. The molecule has 0 aliphatic carbocycles. The first kappa shape index (κ1) is 21.4. The number of rotatable bonds is 6. The lowest BCUT2D eigenvalue weighted by Gasteiger charge is -2.23. The van der Waals surface area contributed by atoms with E-state index in [1.807, 2.05) is 32.9 Å². The van der Waals surface area contributed by atoms with Crippen LogP contribution in [-0.4, -0.2) is 31.2 Å². The van der Waals surface area contributed by atoms with E-state index in [2.05, 4.69) is 10.6 Å². The van der Waals surface area contributed by atoms with E-state index in [-0.39, 0.29) is 34.1 Å². The maximum atomic E-state index is 12.7. The van der Waals surface area contributed by atoms with Crippen LogP contribution >= 0.6 is 11.8 Å². The van der Waals surface area contributed by atoms with Gasteiger partial charge in [-0.15, -0.1) is 11.8 Å². The van der Waals surface area contributed by atoms with Crippen molar-refractivity contribution >= 4 is 44.8 Å². The van der Waals surface area contributed by atoms with E-state index in [0.717, 1.165) is 16.0 Å². The van der Waals surface area contributed by atoms with Gasteiger partial charge in [0.15, 0.2) is 9.84 Å². The minimum atomic E-state index is -3.66. The molecule has 154 valence electrons. The SMILES string of the molecule is CC[C@@H]1Sc2ccc(S(=O)(=O)CCC(=O)Nc3cccc(C)c3C)cc2NC1=O. The zero-order chi connectivity index (χ0) is 21.2. The fourth-order valence-electron chi connectivity index (χ4n) is 3.04. The van der Waals surface area contributed by atoms with Gasteiger partial charge in [-0.05, 0) is 55.7 Å². The second-order valence-electron chi connectivity index (χ2n) is 7.03. The fraction of sp³-hybridized carbons (Fsp3) is 0.333. The standard InChI is InChI=1S/C21H24N2O4S2/c1-4-18-21(25)23-17-12-15(8-9-19(17)28-18)29(26,27)11-10-20(24)22-16-7-5-6-13(2)14(16)3/h5-9,12,18H,4,10-11H2,1-3H3,(H,22,24)(H,23,25)/t18-/m0/s1. The molecule has 0 saturated heterocycles. The van der Waals surface area contributed by atoms with Crippen molar-refractivity contribution in [1.82, 2.24) is 0 Å². The highest BCUT2D eigenvalue weighted by Gasteiger charge is 2.27. The summed E-state index contributed by atoms with van der Waals surface area (Å²) >= 11 is 1.44. The van der Waals surface area contributed by atoms with E-state index in [0.29, 0.717) is 17.8 Å². The van der Waals surface area contributed by atoms with Gasteiger partial charge in [0, 0.05) is 17.0 Å². The van der Waals surface area contributed by atoms with Crippen molar-refractivity contribution < 1.29 is 18.0 Å². The molecule has 3 rings (SSSR count). The van der Waals surface area contributed by atoms with Crippen LogP contribution in [0.2, 0.25) is 0 Å². The Labute approximate surface area is 175 Å². The molecule has 0 spiro atoms. The van der Waals surface area contributed by atoms with Crippen molar-refractivity contribution in [3.8, 4) is 0 Å². The van der Waals surface area contributed by atoms with Crippen LogP contribution in [0.15, 0.2) is 46.2 Å². The summed E-state index contributed by atoms with van der Waals surface area (Å²) in [5.74, 6) is -0.774. The number of anilines is 2. The molecule has 0 bridgehead atoms. The van der Waals surface area contributed by atoms with Gasteiger partial charge in [0.1, 0.15) is 0 Å². The van der Waals surface area contributed by atoms with Crippen LogP contribution < -0.4 is 10.6 Å². The molecule has 6 nitrogen and oxygen atoms in total. The number of sulfone groups is 1. The molecule has 0 fully saturated rings. The molecule has 0 saturated carbocycles. The molecule has 1 atom stereocenters. The van der Waals surface area contributed by atoms with E-state index in [9.17, 15) is 18.0 Å². The monoisotopic (exact) mass is 432 g/mol. The maximum Gasteiger partial charge on any atom is 0.237 e. The summed E-state index contributed by atoms with van der Waals surface area (Å²) in [5.41, 5.74) is 3.20. The molecular weight excluding hydrogens is 408 g/mol. The summed E-state index contributed by atoms with van der Waals surface area (Å²) in [6.45, 7) is 5.79. The summed E-state index contributed by atoms with van der Waals surface area (Å²) in [7, 11) is -3.66. The Bertz CT molecular complexity index is 1060. The number of thioether (sulfide) groups is 1. The van der Waals surface area contributed by atoms with Gasteiger partial charge in [-0.25, -0.2) is 8.42 Å². The number of hydrogen-bond acceptors (Lipinski definition) is 5. The third-order valence-corrected chi connectivity index (χ3v) is 8.13. The Kier molecular flexibility index (Phi) is 6.33. The normalized spacial score (nSPS) is 16.1. The quantitative estimate of drug-likeness (QED) is 0.722. The van der Waals surface area contributed by atoms with Crippen molar-refractivity contribution in [1.29, 1.82) is 0 Å². The average Bonchev–Trinajstić information content (AvgIpc) is 2.69. The number of benzene rings is 2. The zero-order valence-corrected chi connectivity index (χ0v) is 18.2. The Morgan fingerprint density at radius 3 is 2.69 bits per heavy atom. The summed E-state index contributed by atoms with van der Waals surface area (Å²) < 4.78 is 25.4. The molecule has 2 N–H and O–H groups in total. The number of fused-ring (bicyclic) bond motifs is 1. The van der Waals surface area contributed by atoms with Crippen LogP contribution in [0.5, 0.6) is 0 Å². The molecule has 8 heteroatoms. The molecule has 2 aromatic carbocycles. The predicted molar refractivity (Wildman–Crippen MR) is 116 cm³/mol. The Morgan fingerprint density at radius 1 is 1.21 bits per heavy atom. The average molecular weight is 433 g/mol. The second-order valence-corrected chi connectivity index (χ2v) is 10.4. The number of aryl methyl sites for hydroxylation is 1. The molecule has 1 aliphatic rings. The van der Waals surface area contributed by atoms with Crippen molar-refractivity contribution in [2.24, 2.45) is 0 Å². The number of carbonyl (C=O) groups excluding carboxylic acids is 2. The van der Waals surface area contributed by atoms with E-state index in [1.54, 1.807) is 12.1 Å². The topological polar surface area (TPSA) is 92.3 Å². The van der Waals surface area contributed by atoms with E-state index in [4.69, 9.17) is 0 Å².